The maximum atomic E-state index is 12.8. The van der Waals surface area contributed by atoms with Gasteiger partial charge in [-0.1, -0.05) is 61.0 Å². The molecule has 0 aliphatic heterocycles. The van der Waals surface area contributed by atoms with E-state index in [1.54, 1.807) is 0 Å². The number of halogens is 1. The average Bonchev–Trinajstić information content (AvgIpc) is 2.74. The molecule has 0 heterocycles. The molecule has 106 valence electrons. The second kappa shape index (κ2) is 4.56. The van der Waals surface area contributed by atoms with Gasteiger partial charge in [-0.3, -0.25) is 4.79 Å². The number of Topliss-reactive ketones (excluding diaryl/α,β-unsaturated/α-hetero) is 1. The highest BCUT2D eigenvalue weighted by molar-refractivity contribution is 9.08. The fraction of sp³-hybridized carbons (Fsp3) is 0.500. The van der Waals surface area contributed by atoms with E-state index in [0.717, 1.165) is 29.3 Å². The second-order valence-corrected chi connectivity index (χ2v) is 7.51. The maximum absolute atomic E-state index is 12.8. The molecule has 2 bridgehead atoms. The van der Waals surface area contributed by atoms with E-state index in [1.165, 1.54) is 5.56 Å². The molecule has 1 aromatic rings. The van der Waals surface area contributed by atoms with Crippen LogP contribution < -0.4 is 0 Å². The summed E-state index contributed by atoms with van der Waals surface area (Å²) in [6.07, 6.45) is 4.32. The molecule has 0 N–H and O–H groups in total. The lowest BCUT2D eigenvalue weighted by molar-refractivity contribution is -0.125. The molecule has 2 atom stereocenters. The minimum absolute atomic E-state index is 0.103. The van der Waals surface area contributed by atoms with Crippen molar-refractivity contribution in [2.45, 2.75) is 38.9 Å². The van der Waals surface area contributed by atoms with Crippen molar-refractivity contribution in [2.75, 3.05) is 0 Å². The predicted molar refractivity (Wildman–Crippen MR) is 86.7 cm³/mol. The molecule has 0 amide bonds. The Hall–Kier alpha value is -0.890. The van der Waals surface area contributed by atoms with Crippen molar-refractivity contribution in [3.05, 3.63) is 41.0 Å². The van der Waals surface area contributed by atoms with Crippen LogP contribution in [0.5, 0.6) is 0 Å². The predicted octanol–water partition coefficient (Wildman–Crippen LogP) is 4.99. The molecule has 0 saturated heterocycles. The van der Waals surface area contributed by atoms with E-state index < -0.39 is 0 Å². The van der Waals surface area contributed by atoms with Gasteiger partial charge in [0, 0.05) is 10.7 Å². The summed E-state index contributed by atoms with van der Waals surface area (Å²) in [7, 11) is 0. The van der Waals surface area contributed by atoms with Gasteiger partial charge in [0.25, 0.3) is 0 Å². The molecule has 2 aliphatic carbocycles. The largest absolute Gasteiger partial charge is 0.294 e. The van der Waals surface area contributed by atoms with Gasteiger partial charge in [-0.15, -0.1) is 0 Å². The molecule has 2 heteroatoms. The molecular formula is C18H21BrO. The quantitative estimate of drug-likeness (QED) is 0.550. The van der Waals surface area contributed by atoms with Crippen molar-refractivity contribution < 1.29 is 4.79 Å². The summed E-state index contributed by atoms with van der Waals surface area (Å²) in [6, 6.07) is 8.45. The van der Waals surface area contributed by atoms with Gasteiger partial charge in [-0.2, -0.15) is 0 Å². The first kappa shape index (κ1) is 14.1. The van der Waals surface area contributed by atoms with Crippen LogP contribution in [0.4, 0.5) is 0 Å². The number of rotatable bonds is 2. The van der Waals surface area contributed by atoms with Gasteiger partial charge in [0.05, 0.1) is 0 Å². The summed E-state index contributed by atoms with van der Waals surface area (Å²) in [5.74, 6) is 0.805. The van der Waals surface area contributed by atoms with E-state index in [9.17, 15) is 4.79 Å². The number of allylic oxidation sites excluding steroid dienone is 1. The van der Waals surface area contributed by atoms with Crippen molar-refractivity contribution in [1.82, 2.24) is 0 Å². The topological polar surface area (TPSA) is 17.1 Å². The number of benzene rings is 1. The summed E-state index contributed by atoms with van der Waals surface area (Å²) in [5.41, 5.74) is 3.41. The van der Waals surface area contributed by atoms with E-state index in [2.05, 4.69) is 67.0 Å². The van der Waals surface area contributed by atoms with Crippen molar-refractivity contribution in [1.29, 1.82) is 0 Å². The highest BCUT2D eigenvalue weighted by Crippen LogP contribution is 2.65. The number of fused-ring (bicyclic) bond motifs is 2. The fourth-order valence-electron chi connectivity index (χ4n) is 3.98. The lowest BCUT2D eigenvalue weighted by Gasteiger charge is -2.31. The van der Waals surface area contributed by atoms with Gasteiger partial charge in [-0.25, -0.2) is 0 Å². The molecule has 2 fully saturated rings. The molecule has 0 spiro atoms. The summed E-state index contributed by atoms with van der Waals surface area (Å²) >= 11 is 3.46. The maximum Gasteiger partial charge on any atom is 0.165 e. The number of carbonyl (C=O) groups is 1. The standard InChI is InChI=1S/C18H21BrO/c1-17(2)15-8-9-18(17,3)16(20)14(15)10-12-4-6-13(11-19)7-5-12/h4-7,10,15H,8-9,11H2,1-3H3. The number of alkyl halides is 1. The smallest absolute Gasteiger partial charge is 0.165 e. The Balaban J connectivity index is 1.99. The van der Waals surface area contributed by atoms with Gasteiger partial charge < -0.3 is 0 Å². The number of ketones is 1. The molecule has 2 aliphatic rings. The Labute approximate surface area is 129 Å². The van der Waals surface area contributed by atoms with Crippen molar-refractivity contribution in [3.8, 4) is 0 Å². The van der Waals surface area contributed by atoms with Crippen LogP contribution in [0.25, 0.3) is 6.08 Å². The van der Waals surface area contributed by atoms with Crippen LogP contribution in [0.2, 0.25) is 0 Å². The Morgan fingerprint density at radius 2 is 1.90 bits per heavy atom. The van der Waals surface area contributed by atoms with Crippen LogP contribution in [0.3, 0.4) is 0 Å². The van der Waals surface area contributed by atoms with E-state index in [-0.39, 0.29) is 10.8 Å². The number of hydrogen-bond acceptors (Lipinski definition) is 1. The molecule has 0 aromatic heterocycles. The number of hydrogen-bond donors (Lipinski definition) is 0. The molecule has 2 unspecified atom stereocenters. The fourth-order valence-corrected chi connectivity index (χ4v) is 4.35. The van der Waals surface area contributed by atoms with Gasteiger partial charge in [-0.05, 0) is 47.0 Å². The van der Waals surface area contributed by atoms with Crippen LogP contribution in [0.1, 0.15) is 44.7 Å². The molecule has 1 nitrogen and oxygen atoms in total. The third kappa shape index (κ3) is 1.77. The molecular weight excluding hydrogens is 312 g/mol. The third-order valence-corrected chi connectivity index (χ3v) is 6.47. The van der Waals surface area contributed by atoms with E-state index in [4.69, 9.17) is 0 Å². The van der Waals surface area contributed by atoms with Crippen LogP contribution >= 0.6 is 15.9 Å². The van der Waals surface area contributed by atoms with E-state index in [1.807, 2.05) is 0 Å². The van der Waals surface area contributed by atoms with Crippen LogP contribution in [0, 0.1) is 16.7 Å². The van der Waals surface area contributed by atoms with Crippen LogP contribution in [-0.2, 0) is 10.1 Å². The van der Waals surface area contributed by atoms with Crippen molar-refractivity contribution >= 4 is 27.8 Å². The zero-order valence-electron chi connectivity index (χ0n) is 12.4. The van der Waals surface area contributed by atoms with Crippen molar-refractivity contribution in [3.63, 3.8) is 0 Å². The Morgan fingerprint density at radius 1 is 1.25 bits per heavy atom. The zero-order valence-corrected chi connectivity index (χ0v) is 14.0. The van der Waals surface area contributed by atoms with Gasteiger partial charge >= 0.3 is 0 Å². The summed E-state index contributed by atoms with van der Waals surface area (Å²) in [5, 5.41) is 0.872. The van der Waals surface area contributed by atoms with Gasteiger partial charge in [0.15, 0.2) is 5.78 Å². The normalized spacial score (nSPS) is 33.1. The lowest BCUT2D eigenvalue weighted by atomic mass is 9.70. The minimum Gasteiger partial charge on any atom is -0.294 e. The molecule has 2 saturated carbocycles. The average molecular weight is 333 g/mol. The van der Waals surface area contributed by atoms with Crippen molar-refractivity contribution in [2.24, 2.45) is 16.7 Å². The second-order valence-electron chi connectivity index (χ2n) is 6.95. The molecule has 1 aromatic carbocycles. The SMILES string of the molecule is CC12CCC(C(=Cc3ccc(CBr)cc3)C1=O)C2(C)C. The molecule has 20 heavy (non-hydrogen) atoms. The van der Waals surface area contributed by atoms with E-state index >= 15 is 0 Å². The Morgan fingerprint density at radius 3 is 2.40 bits per heavy atom. The Kier molecular flexibility index (Phi) is 3.20. The first-order valence-corrected chi connectivity index (χ1v) is 8.43. The molecule has 3 rings (SSSR count). The zero-order chi connectivity index (χ0) is 14.5. The Bertz CT molecular complexity index is 582. The summed E-state index contributed by atoms with van der Waals surface area (Å²) < 4.78 is 0. The summed E-state index contributed by atoms with van der Waals surface area (Å²) in [4.78, 5) is 12.8. The first-order valence-electron chi connectivity index (χ1n) is 7.31. The van der Waals surface area contributed by atoms with Gasteiger partial charge in [0.1, 0.15) is 0 Å². The third-order valence-electron chi connectivity index (χ3n) is 5.82. The monoisotopic (exact) mass is 332 g/mol. The van der Waals surface area contributed by atoms with Crippen LogP contribution in [0.15, 0.2) is 29.8 Å². The van der Waals surface area contributed by atoms with Crippen LogP contribution in [-0.4, -0.2) is 5.78 Å². The highest BCUT2D eigenvalue weighted by Gasteiger charge is 2.63. The number of carbonyl (C=O) groups excluding carboxylic acids is 1. The first-order chi connectivity index (χ1) is 9.40. The van der Waals surface area contributed by atoms with E-state index in [0.29, 0.717) is 11.7 Å². The summed E-state index contributed by atoms with van der Waals surface area (Å²) in [6.45, 7) is 6.68. The lowest BCUT2D eigenvalue weighted by Crippen LogP contribution is -2.32. The van der Waals surface area contributed by atoms with Gasteiger partial charge in [0.2, 0.25) is 0 Å². The highest BCUT2D eigenvalue weighted by atomic mass is 79.9. The molecule has 0 radical (unpaired) electrons. The minimum atomic E-state index is -0.153.